The van der Waals surface area contributed by atoms with Gasteiger partial charge in [-0.25, -0.2) is 0 Å². The summed E-state index contributed by atoms with van der Waals surface area (Å²) in [6.45, 7) is 10.9. The van der Waals surface area contributed by atoms with Crippen molar-refractivity contribution >= 4 is 0 Å². The SMILES string of the molecule is CC(C)(C)C1CN(Cc2ccno2)CCN1. The zero-order chi connectivity index (χ0) is 11.6. The summed E-state index contributed by atoms with van der Waals surface area (Å²) < 4.78 is 5.15. The summed E-state index contributed by atoms with van der Waals surface area (Å²) in [5.74, 6) is 0.953. The van der Waals surface area contributed by atoms with Gasteiger partial charge in [-0.15, -0.1) is 0 Å². The summed E-state index contributed by atoms with van der Waals surface area (Å²) in [7, 11) is 0. The summed E-state index contributed by atoms with van der Waals surface area (Å²) in [6, 6.07) is 2.48. The predicted octanol–water partition coefficient (Wildman–Crippen LogP) is 1.49. The maximum Gasteiger partial charge on any atom is 0.150 e. The molecule has 1 fully saturated rings. The van der Waals surface area contributed by atoms with Crippen molar-refractivity contribution in [2.75, 3.05) is 19.6 Å². The molecule has 0 bridgehead atoms. The summed E-state index contributed by atoms with van der Waals surface area (Å²) >= 11 is 0. The van der Waals surface area contributed by atoms with E-state index in [4.69, 9.17) is 4.52 Å². The third-order valence-electron chi connectivity index (χ3n) is 3.18. The van der Waals surface area contributed by atoms with Gasteiger partial charge in [-0.3, -0.25) is 4.90 Å². The van der Waals surface area contributed by atoms with Crippen molar-refractivity contribution in [1.82, 2.24) is 15.4 Å². The molecule has 0 radical (unpaired) electrons. The van der Waals surface area contributed by atoms with Gasteiger partial charge in [-0.2, -0.15) is 0 Å². The fraction of sp³-hybridized carbons (Fsp3) is 0.750. The van der Waals surface area contributed by atoms with Crippen molar-refractivity contribution < 1.29 is 4.52 Å². The smallest absolute Gasteiger partial charge is 0.150 e. The van der Waals surface area contributed by atoms with Crippen LogP contribution in [0, 0.1) is 5.41 Å². The maximum atomic E-state index is 5.15. The van der Waals surface area contributed by atoms with Crippen LogP contribution in [0.15, 0.2) is 16.8 Å². The van der Waals surface area contributed by atoms with E-state index in [-0.39, 0.29) is 0 Å². The van der Waals surface area contributed by atoms with Crippen LogP contribution in [0.2, 0.25) is 0 Å². The standard InChI is InChI=1S/C12H21N3O/c1-12(2,3)11-9-15(7-6-13-11)8-10-4-5-14-16-10/h4-5,11,13H,6-9H2,1-3H3. The van der Waals surface area contributed by atoms with E-state index in [9.17, 15) is 0 Å². The molecule has 0 saturated carbocycles. The van der Waals surface area contributed by atoms with Gasteiger partial charge in [-0.05, 0) is 5.41 Å². The molecule has 0 spiro atoms. The molecular formula is C12H21N3O. The fourth-order valence-electron chi connectivity index (χ4n) is 2.08. The Labute approximate surface area is 97.0 Å². The molecule has 90 valence electrons. The lowest BCUT2D eigenvalue weighted by molar-refractivity contribution is 0.120. The minimum atomic E-state index is 0.306. The van der Waals surface area contributed by atoms with Crippen molar-refractivity contribution in [3.63, 3.8) is 0 Å². The first kappa shape index (κ1) is 11.6. The Hall–Kier alpha value is -0.870. The van der Waals surface area contributed by atoms with Crippen LogP contribution in [-0.2, 0) is 6.54 Å². The number of rotatable bonds is 2. The lowest BCUT2D eigenvalue weighted by Gasteiger charge is -2.40. The number of nitrogens with one attached hydrogen (secondary N) is 1. The number of hydrogen-bond donors (Lipinski definition) is 1. The second-order valence-corrected chi connectivity index (χ2v) is 5.59. The molecule has 1 atom stereocenters. The monoisotopic (exact) mass is 223 g/mol. The van der Waals surface area contributed by atoms with Gasteiger partial charge in [0.1, 0.15) is 0 Å². The molecule has 0 aliphatic carbocycles. The Morgan fingerprint density at radius 1 is 1.56 bits per heavy atom. The van der Waals surface area contributed by atoms with Crippen LogP contribution in [-0.4, -0.2) is 35.7 Å². The highest BCUT2D eigenvalue weighted by Crippen LogP contribution is 2.22. The van der Waals surface area contributed by atoms with Gasteiger partial charge in [0, 0.05) is 31.7 Å². The molecule has 1 aliphatic heterocycles. The van der Waals surface area contributed by atoms with E-state index in [1.54, 1.807) is 6.20 Å². The van der Waals surface area contributed by atoms with Gasteiger partial charge >= 0.3 is 0 Å². The first-order valence-corrected chi connectivity index (χ1v) is 5.91. The topological polar surface area (TPSA) is 41.3 Å². The summed E-state index contributed by atoms with van der Waals surface area (Å²) in [5, 5.41) is 7.32. The average molecular weight is 223 g/mol. The molecule has 1 unspecified atom stereocenters. The molecule has 2 rings (SSSR count). The van der Waals surface area contributed by atoms with Crippen LogP contribution in [0.1, 0.15) is 26.5 Å². The molecule has 1 saturated heterocycles. The molecule has 16 heavy (non-hydrogen) atoms. The number of piperazine rings is 1. The van der Waals surface area contributed by atoms with Gasteiger partial charge in [0.05, 0.1) is 12.7 Å². The van der Waals surface area contributed by atoms with Crippen LogP contribution in [0.25, 0.3) is 0 Å². The number of hydrogen-bond acceptors (Lipinski definition) is 4. The van der Waals surface area contributed by atoms with Gasteiger partial charge in [0.25, 0.3) is 0 Å². The van der Waals surface area contributed by atoms with E-state index in [0.717, 1.165) is 31.9 Å². The van der Waals surface area contributed by atoms with Gasteiger partial charge in [0.15, 0.2) is 5.76 Å². The average Bonchev–Trinajstić information content (AvgIpc) is 2.70. The Balaban J connectivity index is 1.92. The summed E-state index contributed by atoms with van der Waals surface area (Å²) in [6.07, 6.45) is 1.71. The second kappa shape index (κ2) is 4.55. The van der Waals surface area contributed by atoms with E-state index < -0.39 is 0 Å². The Bertz CT molecular complexity index is 316. The summed E-state index contributed by atoms with van der Waals surface area (Å²) in [5.41, 5.74) is 0.306. The quantitative estimate of drug-likeness (QED) is 0.825. The van der Waals surface area contributed by atoms with Gasteiger partial charge in [0.2, 0.25) is 0 Å². The van der Waals surface area contributed by atoms with Crippen molar-refractivity contribution in [2.24, 2.45) is 5.41 Å². The van der Waals surface area contributed by atoms with Crippen molar-refractivity contribution in [1.29, 1.82) is 0 Å². The van der Waals surface area contributed by atoms with E-state index in [1.807, 2.05) is 6.07 Å². The highest BCUT2D eigenvalue weighted by atomic mass is 16.5. The van der Waals surface area contributed by atoms with Crippen LogP contribution < -0.4 is 5.32 Å². The van der Waals surface area contributed by atoms with Crippen molar-refractivity contribution in [3.8, 4) is 0 Å². The highest BCUT2D eigenvalue weighted by molar-refractivity contribution is 4.95. The van der Waals surface area contributed by atoms with Gasteiger partial charge < -0.3 is 9.84 Å². The lowest BCUT2D eigenvalue weighted by atomic mass is 9.85. The zero-order valence-electron chi connectivity index (χ0n) is 10.4. The van der Waals surface area contributed by atoms with Crippen LogP contribution in [0.5, 0.6) is 0 Å². The van der Waals surface area contributed by atoms with Crippen molar-refractivity contribution in [3.05, 3.63) is 18.0 Å². The minimum absolute atomic E-state index is 0.306. The molecule has 4 heteroatoms. The number of aromatic nitrogens is 1. The van der Waals surface area contributed by atoms with Crippen LogP contribution in [0.3, 0.4) is 0 Å². The molecule has 0 amide bonds. The van der Waals surface area contributed by atoms with Gasteiger partial charge in [-0.1, -0.05) is 25.9 Å². The fourth-order valence-corrected chi connectivity index (χ4v) is 2.08. The predicted molar refractivity (Wildman–Crippen MR) is 63.0 cm³/mol. The molecule has 4 nitrogen and oxygen atoms in total. The third-order valence-corrected chi connectivity index (χ3v) is 3.18. The summed E-state index contributed by atoms with van der Waals surface area (Å²) in [4.78, 5) is 2.42. The molecule has 1 aromatic rings. The second-order valence-electron chi connectivity index (χ2n) is 5.59. The van der Waals surface area contributed by atoms with E-state index >= 15 is 0 Å². The minimum Gasteiger partial charge on any atom is -0.360 e. The van der Waals surface area contributed by atoms with Crippen molar-refractivity contribution in [2.45, 2.75) is 33.4 Å². The molecule has 0 aromatic carbocycles. The largest absolute Gasteiger partial charge is 0.360 e. The molecule has 1 N–H and O–H groups in total. The molecular weight excluding hydrogens is 202 g/mol. The third kappa shape index (κ3) is 2.83. The molecule has 1 aliphatic rings. The Kier molecular flexibility index (Phi) is 3.30. The van der Waals surface area contributed by atoms with E-state index in [1.165, 1.54) is 0 Å². The first-order chi connectivity index (χ1) is 7.55. The highest BCUT2D eigenvalue weighted by Gasteiger charge is 2.29. The lowest BCUT2D eigenvalue weighted by Crippen LogP contribution is -2.55. The van der Waals surface area contributed by atoms with Crippen LogP contribution >= 0.6 is 0 Å². The van der Waals surface area contributed by atoms with E-state index in [0.29, 0.717) is 11.5 Å². The normalized spacial score (nSPS) is 23.6. The maximum absolute atomic E-state index is 5.15. The van der Waals surface area contributed by atoms with Crippen LogP contribution in [0.4, 0.5) is 0 Å². The van der Waals surface area contributed by atoms with E-state index in [2.05, 4.69) is 36.1 Å². The first-order valence-electron chi connectivity index (χ1n) is 5.91. The number of nitrogens with zero attached hydrogens (tertiary/aromatic N) is 2. The Morgan fingerprint density at radius 3 is 3.00 bits per heavy atom. The molecule has 1 aromatic heterocycles. The Morgan fingerprint density at radius 2 is 2.38 bits per heavy atom. The zero-order valence-corrected chi connectivity index (χ0v) is 10.4. The molecule has 2 heterocycles.